The van der Waals surface area contributed by atoms with Gasteiger partial charge in [-0.2, -0.15) is 0 Å². The number of carbonyl (C=O) groups excluding carboxylic acids is 2. The van der Waals surface area contributed by atoms with Gasteiger partial charge in [0.25, 0.3) is 0 Å². The van der Waals surface area contributed by atoms with Crippen LogP contribution in [0.4, 0.5) is 4.79 Å². The van der Waals surface area contributed by atoms with Gasteiger partial charge in [0.05, 0.1) is 6.04 Å². The lowest BCUT2D eigenvalue weighted by Crippen LogP contribution is -2.42. The van der Waals surface area contributed by atoms with Gasteiger partial charge in [0.1, 0.15) is 29.5 Å². The lowest BCUT2D eigenvalue weighted by molar-refractivity contribution is 0.0187. The Hall–Kier alpha value is -3.02. The van der Waals surface area contributed by atoms with Crippen LogP contribution in [0, 0.1) is 0 Å². The molecular formula is C24H29NO5. The Bertz CT molecular complexity index is 868. The van der Waals surface area contributed by atoms with Gasteiger partial charge < -0.3 is 19.1 Å². The summed E-state index contributed by atoms with van der Waals surface area (Å²) in [5.41, 5.74) is 0.145. The third-order valence-corrected chi connectivity index (χ3v) is 4.77. The van der Waals surface area contributed by atoms with E-state index in [2.05, 4.69) is 0 Å². The molecule has 1 heterocycles. The predicted octanol–water partition coefficient (Wildman–Crippen LogP) is 5.46. The van der Waals surface area contributed by atoms with E-state index in [1.54, 1.807) is 29.2 Å². The molecule has 1 atom stereocenters. The quantitative estimate of drug-likeness (QED) is 0.591. The van der Waals surface area contributed by atoms with Crippen LogP contribution in [0.1, 0.15) is 50.9 Å². The third kappa shape index (κ3) is 5.99. The summed E-state index contributed by atoms with van der Waals surface area (Å²) in [4.78, 5) is 25.5. The molecule has 0 saturated carbocycles. The molecule has 1 saturated heterocycles. The molecular weight excluding hydrogens is 382 g/mol. The van der Waals surface area contributed by atoms with Gasteiger partial charge in [0.2, 0.25) is 0 Å². The molecule has 1 aliphatic rings. The number of hydrogen-bond acceptors (Lipinski definition) is 5. The van der Waals surface area contributed by atoms with E-state index < -0.39 is 5.60 Å². The normalized spacial score (nSPS) is 16.3. The fourth-order valence-corrected chi connectivity index (χ4v) is 3.26. The molecule has 0 spiro atoms. The van der Waals surface area contributed by atoms with Crippen molar-refractivity contribution in [3.63, 3.8) is 0 Å². The molecule has 0 aromatic heterocycles. The maximum atomic E-state index is 12.4. The number of Topliss-reactive ketones (excluding diaryl/α,β-unsaturated/α-hetero) is 1. The van der Waals surface area contributed by atoms with E-state index in [0.717, 1.165) is 12.8 Å². The fraction of sp³-hybridized carbons (Fsp3) is 0.417. The highest BCUT2D eigenvalue weighted by Crippen LogP contribution is 2.26. The first-order valence-corrected chi connectivity index (χ1v) is 10.2. The van der Waals surface area contributed by atoms with Gasteiger partial charge in [-0.3, -0.25) is 4.79 Å². The van der Waals surface area contributed by atoms with Gasteiger partial charge in [-0.15, -0.1) is 0 Å². The molecule has 1 aliphatic heterocycles. The summed E-state index contributed by atoms with van der Waals surface area (Å²) in [5.74, 6) is 2.07. The highest BCUT2D eigenvalue weighted by molar-refractivity contribution is 5.94. The molecule has 1 unspecified atom stereocenters. The monoisotopic (exact) mass is 411 g/mol. The first kappa shape index (κ1) is 21.7. The first-order chi connectivity index (χ1) is 14.2. The number of hydrogen-bond donors (Lipinski definition) is 0. The number of ketones is 1. The lowest BCUT2D eigenvalue weighted by Gasteiger charge is -2.28. The van der Waals surface area contributed by atoms with E-state index in [0.29, 0.717) is 36.0 Å². The van der Waals surface area contributed by atoms with Gasteiger partial charge in [0, 0.05) is 12.1 Å². The molecule has 6 heteroatoms. The number of ether oxygens (including phenoxy) is 3. The minimum absolute atomic E-state index is 0.00978. The van der Waals surface area contributed by atoms with E-state index in [-0.39, 0.29) is 17.9 Å². The van der Waals surface area contributed by atoms with Gasteiger partial charge in [-0.05, 0) is 89.1 Å². The minimum Gasteiger partial charge on any atom is -0.491 e. The average molecular weight is 411 g/mol. The van der Waals surface area contributed by atoms with Crippen molar-refractivity contribution >= 4 is 11.9 Å². The topological polar surface area (TPSA) is 65.1 Å². The Morgan fingerprint density at radius 1 is 0.967 bits per heavy atom. The molecule has 2 aromatic carbocycles. The lowest BCUT2D eigenvalue weighted by atomic mass is 10.1. The molecule has 0 bridgehead atoms. The number of amides is 1. The maximum absolute atomic E-state index is 12.4. The summed E-state index contributed by atoms with van der Waals surface area (Å²) in [6.07, 6.45) is 1.56. The van der Waals surface area contributed by atoms with Crippen molar-refractivity contribution in [2.45, 2.75) is 52.2 Å². The van der Waals surface area contributed by atoms with E-state index in [1.165, 1.54) is 6.92 Å². The van der Waals surface area contributed by atoms with Gasteiger partial charge >= 0.3 is 6.09 Å². The number of nitrogens with zero attached hydrogens (tertiary/aromatic N) is 1. The molecule has 3 rings (SSSR count). The highest BCUT2D eigenvalue weighted by Gasteiger charge is 2.32. The number of likely N-dealkylation sites (tertiary alicyclic amines) is 1. The summed E-state index contributed by atoms with van der Waals surface area (Å²) in [6, 6.07) is 14.4. The largest absolute Gasteiger partial charge is 0.491 e. The van der Waals surface area contributed by atoms with Crippen LogP contribution >= 0.6 is 0 Å². The van der Waals surface area contributed by atoms with Crippen molar-refractivity contribution in [3.8, 4) is 17.2 Å². The zero-order chi connectivity index (χ0) is 21.7. The fourth-order valence-electron chi connectivity index (χ4n) is 3.26. The van der Waals surface area contributed by atoms with Crippen LogP contribution in [0.15, 0.2) is 48.5 Å². The first-order valence-electron chi connectivity index (χ1n) is 10.2. The van der Waals surface area contributed by atoms with E-state index in [9.17, 15) is 9.59 Å². The van der Waals surface area contributed by atoms with Crippen molar-refractivity contribution in [1.29, 1.82) is 0 Å². The zero-order valence-electron chi connectivity index (χ0n) is 18.0. The average Bonchev–Trinajstić information content (AvgIpc) is 3.15. The molecule has 0 N–H and O–H groups in total. The maximum Gasteiger partial charge on any atom is 0.410 e. The predicted molar refractivity (Wildman–Crippen MR) is 114 cm³/mol. The van der Waals surface area contributed by atoms with Gasteiger partial charge in [-0.1, -0.05) is 0 Å². The van der Waals surface area contributed by atoms with E-state index >= 15 is 0 Å². The van der Waals surface area contributed by atoms with Gasteiger partial charge in [-0.25, -0.2) is 4.79 Å². The van der Waals surface area contributed by atoms with Crippen molar-refractivity contribution < 1.29 is 23.8 Å². The number of rotatable bonds is 6. The summed E-state index contributed by atoms with van der Waals surface area (Å²) >= 11 is 0. The summed E-state index contributed by atoms with van der Waals surface area (Å²) < 4.78 is 17.2. The summed E-state index contributed by atoms with van der Waals surface area (Å²) in [5, 5.41) is 0. The van der Waals surface area contributed by atoms with E-state index in [1.807, 2.05) is 45.0 Å². The second-order valence-corrected chi connectivity index (χ2v) is 8.43. The summed E-state index contributed by atoms with van der Waals surface area (Å²) in [6.45, 7) is 8.26. The van der Waals surface area contributed by atoms with Crippen LogP contribution in [-0.2, 0) is 4.74 Å². The molecule has 2 aromatic rings. The van der Waals surface area contributed by atoms with E-state index in [4.69, 9.17) is 14.2 Å². The van der Waals surface area contributed by atoms with Crippen LogP contribution in [0.3, 0.4) is 0 Å². The van der Waals surface area contributed by atoms with Crippen molar-refractivity contribution in [1.82, 2.24) is 4.90 Å². The highest BCUT2D eigenvalue weighted by atomic mass is 16.6. The molecule has 0 aliphatic carbocycles. The molecule has 1 amide bonds. The summed E-state index contributed by atoms with van der Waals surface area (Å²) in [7, 11) is 0. The molecule has 30 heavy (non-hydrogen) atoms. The minimum atomic E-state index is -0.507. The smallest absolute Gasteiger partial charge is 0.410 e. The van der Waals surface area contributed by atoms with Crippen LogP contribution in [-0.4, -0.2) is 41.6 Å². The third-order valence-electron chi connectivity index (χ3n) is 4.77. The Balaban J connectivity index is 1.53. The Morgan fingerprint density at radius 2 is 1.53 bits per heavy atom. The van der Waals surface area contributed by atoms with Crippen LogP contribution in [0.5, 0.6) is 17.2 Å². The van der Waals surface area contributed by atoms with Crippen molar-refractivity contribution in [2.24, 2.45) is 0 Å². The van der Waals surface area contributed by atoms with Crippen LogP contribution in [0.2, 0.25) is 0 Å². The number of benzene rings is 2. The second-order valence-electron chi connectivity index (χ2n) is 8.43. The zero-order valence-corrected chi connectivity index (χ0v) is 18.0. The van der Waals surface area contributed by atoms with Crippen LogP contribution in [0.25, 0.3) is 0 Å². The Kier molecular flexibility index (Phi) is 6.65. The van der Waals surface area contributed by atoms with Gasteiger partial charge in [0.15, 0.2) is 5.78 Å². The Labute approximate surface area is 177 Å². The Morgan fingerprint density at radius 3 is 2.10 bits per heavy atom. The van der Waals surface area contributed by atoms with Crippen molar-refractivity contribution in [2.75, 3.05) is 13.2 Å². The van der Waals surface area contributed by atoms with Crippen LogP contribution < -0.4 is 9.47 Å². The molecule has 6 nitrogen and oxygen atoms in total. The number of carbonyl (C=O) groups is 2. The molecule has 0 radical (unpaired) electrons. The van der Waals surface area contributed by atoms with Crippen molar-refractivity contribution in [3.05, 3.63) is 54.1 Å². The molecule has 1 fully saturated rings. The second kappa shape index (κ2) is 9.20. The SMILES string of the molecule is CC(=O)c1ccc(Oc2ccc(OCC3CCCN3C(=O)OC(C)(C)C)cc2)cc1. The standard InChI is InChI=1S/C24H29NO5/c1-17(26)18-7-9-21(10-8-18)29-22-13-11-20(12-14-22)28-16-19-6-5-15-25(19)23(27)30-24(2,3)4/h7-14,19H,5-6,15-16H2,1-4H3. The molecule has 160 valence electrons.